The van der Waals surface area contributed by atoms with E-state index in [1.54, 1.807) is 33.8 Å². The predicted octanol–water partition coefficient (Wildman–Crippen LogP) is 3.89. The van der Waals surface area contributed by atoms with Gasteiger partial charge in [-0.1, -0.05) is 12.1 Å². The standard InChI is InChI=1S/C31H44FN5O6Si/c1-21-29(44(3,4)32)26(13-17-35-20-22(14-18-38)33-34-35)43-31(21)24-19-23(36-15-7-5-9-27(36)39)11-12-25(24)37(30(31)41)16-8-6-10-28(40)42-2/h11-12,19-21,26,29,38H,5-10,13-18H2,1-4H3/t21-,26+,29-,31+/m1/s1. The number of nitrogens with zero attached hydrogens (tertiary/aromatic N) is 5. The first kappa shape index (κ1) is 32.2. The maximum Gasteiger partial charge on any atom is 0.305 e. The Morgan fingerprint density at radius 3 is 2.73 bits per heavy atom. The largest absolute Gasteiger partial charge is 0.469 e. The summed E-state index contributed by atoms with van der Waals surface area (Å²) < 4.78 is 29.5. The van der Waals surface area contributed by atoms with Crippen molar-refractivity contribution >= 4 is 37.6 Å². The number of aliphatic hydroxyl groups excluding tert-OH is 1. The van der Waals surface area contributed by atoms with Gasteiger partial charge < -0.3 is 28.5 Å². The molecule has 0 unspecified atom stereocenters. The lowest BCUT2D eigenvalue weighted by molar-refractivity contribution is -0.146. The number of unbranched alkanes of at least 4 members (excludes halogenated alkanes) is 1. The molecule has 4 atom stereocenters. The molecule has 1 spiro atoms. The van der Waals surface area contributed by atoms with E-state index in [0.717, 1.165) is 18.5 Å². The van der Waals surface area contributed by atoms with Gasteiger partial charge in [-0.2, -0.15) is 0 Å². The second-order valence-corrected chi connectivity index (χ2v) is 16.5. The molecule has 4 heterocycles. The van der Waals surface area contributed by atoms with Gasteiger partial charge in [-0.3, -0.25) is 19.1 Å². The van der Waals surface area contributed by atoms with Crippen molar-refractivity contribution in [3.05, 3.63) is 35.7 Å². The average Bonchev–Trinajstić information content (AvgIpc) is 3.63. The second kappa shape index (κ2) is 13.1. The molecule has 44 heavy (non-hydrogen) atoms. The van der Waals surface area contributed by atoms with Gasteiger partial charge in [0.2, 0.25) is 14.3 Å². The van der Waals surface area contributed by atoms with Gasteiger partial charge in [-0.25, -0.2) is 0 Å². The van der Waals surface area contributed by atoms with E-state index in [1.807, 2.05) is 25.1 Å². The van der Waals surface area contributed by atoms with Crippen LogP contribution in [-0.4, -0.2) is 79.2 Å². The lowest BCUT2D eigenvalue weighted by atomic mass is 9.82. The van der Waals surface area contributed by atoms with Crippen LogP contribution >= 0.6 is 0 Å². The lowest BCUT2D eigenvalue weighted by Gasteiger charge is -2.32. The summed E-state index contributed by atoms with van der Waals surface area (Å²) in [5.41, 5.74) is 0.900. The Morgan fingerprint density at radius 1 is 1.23 bits per heavy atom. The summed E-state index contributed by atoms with van der Waals surface area (Å²) in [6.45, 7) is 6.65. The number of amides is 2. The molecule has 2 amide bonds. The van der Waals surface area contributed by atoms with Gasteiger partial charge in [-0.15, -0.1) is 5.10 Å². The van der Waals surface area contributed by atoms with Crippen LogP contribution in [-0.2, 0) is 42.4 Å². The molecule has 3 aliphatic heterocycles. The smallest absolute Gasteiger partial charge is 0.305 e. The molecule has 1 aromatic carbocycles. The number of hydrogen-bond donors (Lipinski definition) is 1. The highest BCUT2D eigenvalue weighted by Crippen LogP contribution is 2.60. The van der Waals surface area contributed by atoms with Crippen LogP contribution in [0.3, 0.4) is 0 Å². The van der Waals surface area contributed by atoms with E-state index in [1.165, 1.54) is 7.11 Å². The number of hydrogen-bond acceptors (Lipinski definition) is 8. The topological polar surface area (TPSA) is 127 Å². The highest BCUT2D eigenvalue weighted by molar-refractivity contribution is 6.72. The van der Waals surface area contributed by atoms with Crippen molar-refractivity contribution in [1.29, 1.82) is 0 Å². The third-order valence-electron chi connectivity index (χ3n) is 9.42. The molecule has 5 rings (SSSR count). The van der Waals surface area contributed by atoms with Crippen molar-refractivity contribution < 1.29 is 33.1 Å². The number of carbonyl (C=O) groups excluding carboxylic acids is 3. The number of halogens is 1. The van der Waals surface area contributed by atoms with Crippen LogP contribution in [0.4, 0.5) is 15.5 Å². The van der Waals surface area contributed by atoms with Crippen molar-refractivity contribution in [2.45, 2.75) is 95.2 Å². The monoisotopic (exact) mass is 629 g/mol. The fourth-order valence-electron chi connectivity index (χ4n) is 7.35. The number of benzene rings is 1. The molecule has 3 aliphatic rings. The summed E-state index contributed by atoms with van der Waals surface area (Å²) in [5, 5.41) is 17.5. The van der Waals surface area contributed by atoms with Gasteiger partial charge in [0.15, 0.2) is 5.60 Å². The fourth-order valence-corrected chi connectivity index (χ4v) is 9.89. The van der Waals surface area contributed by atoms with Gasteiger partial charge in [-0.05, 0) is 63.4 Å². The normalized spacial score (nSPS) is 25.3. The van der Waals surface area contributed by atoms with E-state index in [0.29, 0.717) is 68.7 Å². The molecular weight excluding hydrogens is 585 g/mol. The molecule has 13 heteroatoms. The zero-order valence-electron chi connectivity index (χ0n) is 26.1. The minimum atomic E-state index is -3.36. The van der Waals surface area contributed by atoms with Crippen molar-refractivity contribution in [3.63, 3.8) is 0 Å². The van der Waals surface area contributed by atoms with E-state index < -0.39 is 31.6 Å². The molecule has 11 nitrogen and oxygen atoms in total. The zero-order valence-corrected chi connectivity index (χ0v) is 27.1. The maximum absolute atomic E-state index is 16.2. The third-order valence-corrected chi connectivity index (χ3v) is 11.9. The molecule has 240 valence electrons. The molecule has 2 fully saturated rings. The molecule has 0 bridgehead atoms. The number of anilines is 2. The molecule has 2 aromatic rings. The molecule has 0 saturated carbocycles. The molecule has 2 saturated heterocycles. The van der Waals surface area contributed by atoms with Gasteiger partial charge in [0, 0.05) is 74.4 Å². The van der Waals surface area contributed by atoms with E-state index in [-0.39, 0.29) is 30.8 Å². The number of aryl methyl sites for hydroxylation is 1. The van der Waals surface area contributed by atoms with Crippen LogP contribution < -0.4 is 9.80 Å². The minimum absolute atomic E-state index is 0.0279. The van der Waals surface area contributed by atoms with Gasteiger partial charge in [0.05, 0.1) is 24.6 Å². The van der Waals surface area contributed by atoms with Crippen molar-refractivity contribution in [2.75, 3.05) is 36.6 Å². The lowest BCUT2D eigenvalue weighted by Crippen LogP contribution is -2.45. The van der Waals surface area contributed by atoms with Crippen LogP contribution in [0.15, 0.2) is 24.4 Å². The number of ether oxygens (including phenoxy) is 2. The summed E-state index contributed by atoms with van der Waals surface area (Å²) in [7, 11) is -2.00. The first-order chi connectivity index (χ1) is 21.0. The van der Waals surface area contributed by atoms with Gasteiger partial charge in [0.1, 0.15) is 0 Å². The van der Waals surface area contributed by atoms with Crippen molar-refractivity contribution in [1.82, 2.24) is 15.0 Å². The molecular formula is C31H44FN5O6Si. The van der Waals surface area contributed by atoms with Crippen LogP contribution in [0, 0.1) is 5.92 Å². The van der Waals surface area contributed by atoms with Crippen LogP contribution in [0.2, 0.25) is 18.6 Å². The number of rotatable bonds is 12. The van der Waals surface area contributed by atoms with E-state index >= 15 is 4.11 Å². The maximum atomic E-state index is 16.2. The van der Waals surface area contributed by atoms with E-state index in [2.05, 4.69) is 10.3 Å². The Balaban J connectivity index is 1.49. The Labute approximate surface area is 258 Å². The Hall–Kier alpha value is -3.16. The molecule has 0 radical (unpaired) electrons. The van der Waals surface area contributed by atoms with Crippen LogP contribution in [0.25, 0.3) is 0 Å². The number of fused-ring (bicyclic) bond motifs is 2. The SMILES string of the molecule is COC(=O)CCCCN1C(=O)[C@@]2(O[C@@H](CCn3cc(CCO)nn3)[C@H]([Si](C)(C)F)[C@H]2C)c2cc(N3CCCCC3=O)ccc21. The summed E-state index contributed by atoms with van der Waals surface area (Å²) in [6, 6.07) is 5.67. The molecule has 1 N–H and O–H groups in total. The molecule has 0 aliphatic carbocycles. The number of aromatic nitrogens is 3. The summed E-state index contributed by atoms with van der Waals surface area (Å²) in [4.78, 5) is 42.6. The first-order valence-electron chi connectivity index (χ1n) is 15.7. The third kappa shape index (κ3) is 6.05. The van der Waals surface area contributed by atoms with Crippen LogP contribution in [0.5, 0.6) is 0 Å². The number of methoxy groups -OCH3 is 1. The number of esters is 1. The second-order valence-electron chi connectivity index (χ2n) is 12.7. The Morgan fingerprint density at radius 2 is 2.02 bits per heavy atom. The Kier molecular flexibility index (Phi) is 9.57. The summed E-state index contributed by atoms with van der Waals surface area (Å²) in [6.07, 6.45) is 5.69. The van der Waals surface area contributed by atoms with E-state index in [4.69, 9.17) is 9.47 Å². The quantitative estimate of drug-likeness (QED) is 0.162. The number of aliphatic hydroxyl groups is 1. The predicted molar refractivity (Wildman–Crippen MR) is 164 cm³/mol. The van der Waals surface area contributed by atoms with Crippen LogP contribution in [0.1, 0.15) is 63.1 Å². The average molecular weight is 630 g/mol. The zero-order chi connectivity index (χ0) is 31.6. The highest BCUT2D eigenvalue weighted by Gasteiger charge is 2.66. The van der Waals surface area contributed by atoms with E-state index in [9.17, 15) is 19.5 Å². The van der Waals surface area contributed by atoms with Crippen molar-refractivity contribution in [2.24, 2.45) is 5.92 Å². The summed E-state index contributed by atoms with van der Waals surface area (Å²) in [5.74, 6) is -0.929. The first-order valence-corrected chi connectivity index (χ1v) is 18.7. The fraction of sp³-hybridized carbons (Fsp3) is 0.645. The van der Waals surface area contributed by atoms with Gasteiger partial charge >= 0.3 is 5.97 Å². The van der Waals surface area contributed by atoms with Gasteiger partial charge in [0.25, 0.3) is 5.91 Å². The Bertz CT molecular complexity index is 1380. The van der Waals surface area contributed by atoms with Crippen molar-refractivity contribution in [3.8, 4) is 0 Å². The highest BCUT2D eigenvalue weighted by atomic mass is 28.4. The number of piperidine rings is 1. The minimum Gasteiger partial charge on any atom is -0.469 e. The molecule has 1 aromatic heterocycles. The summed E-state index contributed by atoms with van der Waals surface area (Å²) >= 11 is 0. The number of carbonyl (C=O) groups is 3.